The molecule has 2 N–H and O–H groups in total. The summed E-state index contributed by atoms with van der Waals surface area (Å²) in [6.07, 6.45) is 1.49. The van der Waals surface area contributed by atoms with Gasteiger partial charge in [-0.2, -0.15) is 0 Å². The zero-order valence-corrected chi connectivity index (χ0v) is 9.52. The molecule has 0 unspecified atom stereocenters. The molecule has 0 saturated carbocycles. The molecule has 0 aromatic carbocycles. The van der Waals surface area contributed by atoms with Crippen molar-refractivity contribution in [3.63, 3.8) is 0 Å². The highest BCUT2D eigenvalue weighted by molar-refractivity contribution is 9.10. The third kappa shape index (κ3) is 2.97. The molecule has 0 aliphatic carbocycles. The maximum atomic E-state index is 9.06. The van der Waals surface area contributed by atoms with E-state index in [0.29, 0.717) is 4.47 Å². The number of hydrogen-bond donors (Lipinski definition) is 2. The van der Waals surface area contributed by atoms with Crippen LogP contribution in [0.25, 0.3) is 0 Å². The molecule has 0 aliphatic heterocycles. The van der Waals surface area contributed by atoms with Crippen molar-refractivity contribution in [3.8, 4) is 5.88 Å². The van der Waals surface area contributed by atoms with Gasteiger partial charge in [0.05, 0.1) is 6.10 Å². The van der Waals surface area contributed by atoms with Crippen LogP contribution < -0.4 is 10.2 Å². The zero-order valence-electron chi connectivity index (χ0n) is 7.94. The summed E-state index contributed by atoms with van der Waals surface area (Å²) >= 11 is 3.19. The summed E-state index contributed by atoms with van der Waals surface area (Å²) in [7, 11) is -1.58. The lowest BCUT2D eigenvalue weighted by Crippen LogP contribution is -2.33. The highest BCUT2D eigenvalue weighted by atomic mass is 79.9. The minimum atomic E-state index is -1.58. The van der Waals surface area contributed by atoms with Crippen LogP contribution >= 0.6 is 15.9 Å². The molecule has 0 fully saturated rings. The monoisotopic (exact) mass is 259 g/mol. The second-order valence-electron chi connectivity index (χ2n) is 3.09. The first-order valence-corrected chi connectivity index (χ1v) is 4.98. The Morgan fingerprint density at radius 1 is 1.50 bits per heavy atom. The average Bonchev–Trinajstić information content (AvgIpc) is 2.07. The van der Waals surface area contributed by atoms with E-state index in [2.05, 4.69) is 20.9 Å². The molecule has 76 valence electrons. The van der Waals surface area contributed by atoms with Gasteiger partial charge >= 0.3 is 7.12 Å². The molecule has 1 rings (SSSR count). The number of hydrogen-bond acceptors (Lipinski definition) is 4. The fourth-order valence-corrected chi connectivity index (χ4v) is 1.30. The van der Waals surface area contributed by atoms with Gasteiger partial charge in [0.2, 0.25) is 5.88 Å². The lowest BCUT2D eigenvalue weighted by atomic mass is 9.81. The van der Waals surface area contributed by atoms with Gasteiger partial charge in [-0.05, 0) is 35.8 Å². The summed E-state index contributed by atoms with van der Waals surface area (Å²) < 4.78 is 5.99. The van der Waals surface area contributed by atoms with Gasteiger partial charge < -0.3 is 14.8 Å². The Labute approximate surface area is 91.2 Å². The van der Waals surface area contributed by atoms with E-state index >= 15 is 0 Å². The molecule has 1 heterocycles. The van der Waals surface area contributed by atoms with Gasteiger partial charge in [-0.15, -0.1) is 0 Å². The Morgan fingerprint density at radius 2 is 2.14 bits per heavy atom. The molecule has 0 radical (unpaired) electrons. The van der Waals surface area contributed by atoms with E-state index in [-0.39, 0.29) is 17.4 Å². The first-order chi connectivity index (χ1) is 6.50. The van der Waals surface area contributed by atoms with Crippen LogP contribution in [0.1, 0.15) is 13.8 Å². The number of rotatable bonds is 3. The van der Waals surface area contributed by atoms with Crippen LogP contribution in [0.15, 0.2) is 16.7 Å². The lowest BCUT2D eigenvalue weighted by Gasteiger charge is -2.12. The van der Waals surface area contributed by atoms with E-state index in [4.69, 9.17) is 14.8 Å². The fraction of sp³-hybridized carbons (Fsp3) is 0.375. The first-order valence-electron chi connectivity index (χ1n) is 4.19. The van der Waals surface area contributed by atoms with Crippen LogP contribution in [-0.2, 0) is 0 Å². The van der Waals surface area contributed by atoms with Crippen LogP contribution in [0.2, 0.25) is 0 Å². The number of aromatic nitrogens is 1. The largest absolute Gasteiger partial charge is 0.494 e. The van der Waals surface area contributed by atoms with Gasteiger partial charge in [-0.25, -0.2) is 4.98 Å². The molecule has 0 bridgehead atoms. The quantitative estimate of drug-likeness (QED) is 0.768. The van der Waals surface area contributed by atoms with E-state index in [0.717, 1.165) is 0 Å². The molecule has 0 spiro atoms. The Bertz CT molecular complexity index is 319. The zero-order chi connectivity index (χ0) is 10.7. The third-order valence-corrected chi connectivity index (χ3v) is 1.90. The predicted octanol–water partition coefficient (Wildman–Crippen LogP) is 0.311. The van der Waals surface area contributed by atoms with E-state index in [9.17, 15) is 0 Å². The summed E-state index contributed by atoms with van der Waals surface area (Å²) in [5, 5.41) is 18.1. The predicted molar refractivity (Wildman–Crippen MR) is 57.5 cm³/mol. The van der Waals surface area contributed by atoms with Crippen LogP contribution in [0.3, 0.4) is 0 Å². The summed E-state index contributed by atoms with van der Waals surface area (Å²) in [5.41, 5.74) is 0.257. The maximum Gasteiger partial charge on any atom is 0.494 e. The molecule has 0 aliphatic rings. The first kappa shape index (κ1) is 11.5. The van der Waals surface area contributed by atoms with Crippen molar-refractivity contribution in [2.45, 2.75) is 20.0 Å². The highest BCUT2D eigenvalue weighted by Crippen LogP contribution is 2.12. The van der Waals surface area contributed by atoms with Gasteiger partial charge in [0.15, 0.2) is 0 Å². The summed E-state index contributed by atoms with van der Waals surface area (Å²) in [6, 6.07) is 1.56. The molecule has 0 atom stereocenters. The van der Waals surface area contributed by atoms with Gasteiger partial charge in [0.1, 0.15) is 0 Å². The SMILES string of the molecule is CC(C)Oc1ncc(Br)cc1B(O)O. The molecular formula is C8H11BBrNO3. The van der Waals surface area contributed by atoms with Gasteiger partial charge in [-0.3, -0.25) is 0 Å². The molecule has 1 aromatic heterocycles. The Morgan fingerprint density at radius 3 is 2.64 bits per heavy atom. The second-order valence-corrected chi connectivity index (χ2v) is 4.00. The van der Waals surface area contributed by atoms with Crippen LogP contribution in [0, 0.1) is 0 Å². The Balaban J connectivity index is 3.02. The van der Waals surface area contributed by atoms with E-state index < -0.39 is 7.12 Å². The highest BCUT2D eigenvalue weighted by Gasteiger charge is 2.19. The van der Waals surface area contributed by atoms with E-state index in [1.54, 1.807) is 12.3 Å². The molecule has 4 nitrogen and oxygen atoms in total. The Kier molecular flexibility index (Phi) is 3.91. The van der Waals surface area contributed by atoms with Gasteiger partial charge in [0, 0.05) is 16.1 Å². The summed E-state index contributed by atoms with van der Waals surface area (Å²) in [6.45, 7) is 3.69. The van der Waals surface area contributed by atoms with Crippen molar-refractivity contribution >= 4 is 28.5 Å². The van der Waals surface area contributed by atoms with Crippen molar-refractivity contribution in [3.05, 3.63) is 16.7 Å². The fourth-order valence-electron chi connectivity index (χ4n) is 0.949. The topological polar surface area (TPSA) is 62.6 Å². The molecule has 6 heteroatoms. The maximum absolute atomic E-state index is 9.06. The van der Waals surface area contributed by atoms with Gasteiger partial charge in [-0.1, -0.05) is 0 Å². The van der Waals surface area contributed by atoms with E-state index in [1.807, 2.05) is 13.8 Å². The van der Waals surface area contributed by atoms with Crippen molar-refractivity contribution < 1.29 is 14.8 Å². The smallest absolute Gasteiger partial charge is 0.475 e. The van der Waals surface area contributed by atoms with Crippen molar-refractivity contribution in [1.82, 2.24) is 4.98 Å². The van der Waals surface area contributed by atoms with Crippen molar-refractivity contribution in [2.24, 2.45) is 0 Å². The molecule has 0 saturated heterocycles. The van der Waals surface area contributed by atoms with E-state index in [1.165, 1.54) is 0 Å². The molecular weight excluding hydrogens is 249 g/mol. The minimum absolute atomic E-state index is 0.0545. The molecule has 14 heavy (non-hydrogen) atoms. The van der Waals surface area contributed by atoms with Crippen LogP contribution in [0.5, 0.6) is 5.88 Å². The normalized spacial score (nSPS) is 10.4. The third-order valence-electron chi connectivity index (χ3n) is 1.47. The van der Waals surface area contributed by atoms with Crippen molar-refractivity contribution in [1.29, 1.82) is 0 Å². The van der Waals surface area contributed by atoms with Crippen LogP contribution in [-0.4, -0.2) is 28.3 Å². The average molecular weight is 260 g/mol. The standard InChI is InChI=1S/C8H11BBrNO3/c1-5(2)14-8-7(9(12)13)3-6(10)4-11-8/h3-5,12-13H,1-2H3. The Hall–Kier alpha value is -0.585. The second kappa shape index (κ2) is 4.77. The molecule has 0 amide bonds. The number of pyridine rings is 1. The molecule has 1 aromatic rings. The summed E-state index contributed by atoms with van der Waals surface area (Å²) in [4.78, 5) is 3.95. The summed E-state index contributed by atoms with van der Waals surface area (Å²) in [5.74, 6) is 0.248. The van der Waals surface area contributed by atoms with Gasteiger partial charge in [0.25, 0.3) is 0 Å². The lowest BCUT2D eigenvalue weighted by molar-refractivity contribution is 0.234. The number of nitrogens with zero attached hydrogens (tertiary/aromatic N) is 1. The minimum Gasteiger partial charge on any atom is -0.475 e. The number of halogens is 1. The van der Waals surface area contributed by atoms with Crippen molar-refractivity contribution in [2.75, 3.05) is 0 Å². The number of ether oxygens (including phenoxy) is 1. The van der Waals surface area contributed by atoms with Crippen LogP contribution in [0.4, 0.5) is 0 Å².